The number of hydrogen-bond donors (Lipinski definition) is 3. The zero-order valence-electron chi connectivity index (χ0n) is 10.9. The summed E-state index contributed by atoms with van der Waals surface area (Å²) in [6.45, 7) is 7.67. The highest BCUT2D eigenvalue weighted by Gasteiger charge is 2.27. The van der Waals surface area contributed by atoms with E-state index >= 15 is 0 Å². The summed E-state index contributed by atoms with van der Waals surface area (Å²) >= 11 is 0. The molecule has 0 saturated carbocycles. The van der Waals surface area contributed by atoms with Crippen molar-refractivity contribution in [3.05, 3.63) is 0 Å². The molecule has 0 aliphatic heterocycles. The van der Waals surface area contributed by atoms with Crippen LogP contribution in [-0.4, -0.2) is 39.2 Å². The largest absolute Gasteiger partial charge is 0.354 e. The number of amides is 1. The third-order valence-electron chi connectivity index (χ3n) is 2.25. The predicted molar refractivity (Wildman–Crippen MR) is 67.9 cm³/mol. The van der Waals surface area contributed by atoms with Crippen molar-refractivity contribution in [1.82, 2.24) is 10.0 Å². The summed E-state index contributed by atoms with van der Waals surface area (Å²) in [6.07, 6.45) is 0. The Morgan fingerprint density at radius 1 is 1.35 bits per heavy atom. The summed E-state index contributed by atoms with van der Waals surface area (Å²) in [7, 11) is -3.29. The third-order valence-corrected chi connectivity index (χ3v) is 3.72. The Balaban J connectivity index is 4.11. The van der Waals surface area contributed by atoms with E-state index in [1.165, 1.54) is 0 Å². The molecule has 0 aliphatic rings. The van der Waals surface area contributed by atoms with Gasteiger partial charge in [0.15, 0.2) is 0 Å². The van der Waals surface area contributed by atoms with E-state index in [4.69, 9.17) is 5.73 Å². The van der Waals surface area contributed by atoms with E-state index < -0.39 is 16.1 Å². The van der Waals surface area contributed by atoms with Crippen LogP contribution < -0.4 is 15.8 Å². The number of nitrogens with two attached hydrogens (primary N) is 1. The van der Waals surface area contributed by atoms with E-state index in [0.717, 1.165) is 0 Å². The van der Waals surface area contributed by atoms with Gasteiger partial charge in [0.1, 0.15) is 0 Å². The molecule has 1 amide bonds. The van der Waals surface area contributed by atoms with Crippen LogP contribution in [0.25, 0.3) is 0 Å². The second-order valence-electron chi connectivity index (χ2n) is 4.95. The molecule has 0 rings (SSSR count). The van der Waals surface area contributed by atoms with Gasteiger partial charge in [-0.05, 0) is 5.41 Å². The molecule has 1 atom stereocenters. The fraction of sp³-hybridized carbons (Fsp3) is 0.900. The van der Waals surface area contributed by atoms with Crippen molar-refractivity contribution in [2.24, 2.45) is 11.1 Å². The Bertz CT molecular complexity index is 346. The highest BCUT2D eigenvalue weighted by atomic mass is 32.2. The number of hydrogen-bond acceptors (Lipinski definition) is 4. The van der Waals surface area contributed by atoms with Crippen molar-refractivity contribution in [3.8, 4) is 0 Å². The van der Waals surface area contributed by atoms with Gasteiger partial charge in [0.25, 0.3) is 0 Å². The van der Waals surface area contributed by atoms with Crippen LogP contribution in [0, 0.1) is 5.41 Å². The number of carbonyl (C=O) groups excluding carboxylic acids is 1. The Hall–Kier alpha value is -0.660. The average molecular weight is 265 g/mol. The topological polar surface area (TPSA) is 101 Å². The van der Waals surface area contributed by atoms with Crippen LogP contribution in [0.5, 0.6) is 0 Å². The Morgan fingerprint density at radius 2 is 1.88 bits per heavy atom. The lowest BCUT2D eigenvalue weighted by molar-refractivity contribution is -0.124. The fourth-order valence-electron chi connectivity index (χ4n) is 1.10. The SMILES string of the molecule is CCNS(=O)(=O)CCNC(=O)[C@@H](N)C(C)(C)C. The van der Waals surface area contributed by atoms with Crippen LogP contribution in [0.3, 0.4) is 0 Å². The first-order chi connectivity index (χ1) is 7.60. The van der Waals surface area contributed by atoms with Crippen LogP contribution in [0.4, 0.5) is 0 Å². The molecule has 102 valence electrons. The maximum atomic E-state index is 11.6. The quantitative estimate of drug-likeness (QED) is 0.598. The van der Waals surface area contributed by atoms with Gasteiger partial charge in [-0.2, -0.15) is 0 Å². The summed E-state index contributed by atoms with van der Waals surface area (Å²) in [5.41, 5.74) is 5.38. The summed E-state index contributed by atoms with van der Waals surface area (Å²) in [5.74, 6) is -0.465. The van der Waals surface area contributed by atoms with Gasteiger partial charge in [-0.3, -0.25) is 4.79 Å². The first kappa shape index (κ1) is 16.3. The molecule has 0 aromatic heterocycles. The van der Waals surface area contributed by atoms with E-state index in [1.54, 1.807) is 6.92 Å². The summed E-state index contributed by atoms with van der Waals surface area (Å²) in [4.78, 5) is 11.6. The summed E-state index contributed by atoms with van der Waals surface area (Å²) < 4.78 is 24.9. The van der Waals surface area contributed by atoms with Crippen LogP contribution in [-0.2, 0) is 14.8 Å². The van der Waals surface area contributed by atoms with Crippen LogP contribution in [0.15, 0.2) is 0 Å². The second kappa shape index (κ2) is 6.32. The molecule has 0 saturated heterocycles. The molecule has 0 heterocycles. The van der Waals surface area contributed by atoms with Crippen LogP contribution in [0.1, 0.15) is 27.7 Å². The number of sulfonamides is 1. The molecule has 17 heavy (non-hydrogen) atoms. The van der Waals surface area contributed by atoms with E-state index in [1.807, 2.05) is 20.8 Å². The number of rotatable bonds is 6. The second-order valence-corrected chi connectivity index (χ2v) is 6.88. The van der Waals surface area contributed by atoms with Gasteiger partial charge in [0, 0.05) is 13.1 Å². The normalized spacial score (nSPS) is 14.4. The maximum absolute atomic E-state index is 11.6. The average Bonchev–Trinajstić information content (AvgIpc) is 2.14. The van der Waals surface area contributed by atoms with Gasteiger partial charge in [0.05, 0.1) is 11.8 Å². The van der Waals surface area contributed by atoms with Gasteiger partial charge in [0.2, 0.25) is 15.9 Å². The van der Waals surface area contributed by atoms with Gasteiger partial charge < -0.3 is 11.1 Å². The molecule has 0 unspecified atom stereocenters. The smallest absolute Gasteiger partial charge is 0.237 e. The molecule has 0 aromatic rings. The molecule has 6 nitrogen and oxygen atoms in total. The van der Waals surface area contributed by atoms with Crippen LogP contribution in [0.2, 0.25) is 0 Å². The van der Waals surface area contributed by atoms with Crippen molar-refractivity contribution < 1.29 is 13.2 Å². The maximum Gasteiger partial charge on any atom is 0.237 e. The van der Waals surface area contributed by atoms with Crippen molar-refractivity contribution in [3.63, 3.8) is 0 Å². The minimum atomic E-state index is -3.29. The van der Waals surface area contributed by atoms with Crippen molar-refractivity contribution in [2.45, 2.75) is 33.7 Å². The monoisotopic (exact) mass is 265 g/mol. The molecule has 0 bridgehead atoms. The molecule has 0 aliphatic carbocycles. The number of nitrogens with one attached hydrogen (secondary N) is 2. The molecule has 7 heteroatoms. The van der Waals surface area contributed by atoms with Crippen molar-refractivity contribution in [2.75, 3.05) is 18.8 Å². The highest BCUT2D eigenvalue weighted by Crippen LogP contribution is 2.16. The van der Waals surface area contributed by atoms with E-state index in [2.05, 4.69) is 10.0 Å². The summed E-state index contributed by atoms with van der Waals surface area (Å²) in [5, 5.41) is 2.52. The molecule has 4 N–H and O–H groups in total. The zero-order valence-corrected chi connectivity index (χ0v) is 11.7. The molecular formula is C10H23N3O3S. The molecule has 0 spiro atoms. The molecule has 0 fully saturated rings. The highest BCUT2D eigenvalue weighted by molar-refractivity contribution is 7.89. The first-order valence-corrected chi connectivity index (χ1v) is 7.26. The fourth-order valence-corrected chi connectivity index (χ4v) is 2.06. The summed E-state index contributed by atoms with van der Waals surface area (Å²) in [6, 6.07) is -0.649. The predicted octanol–water partition coefficient (Wildman–Crippen LogP) is -0.585. The van der Waals surface area contributed by atoms with Crippen molar-refractivity contribution >= 4 is 15.9 Å². The standard InChI is InChI=1S/C10H23N3O3S/c1-5-13-17(15,16)7-6-12-9(14)8(11)10(2,3)4/h8,13H,5-7,11H2,1-4H3,(H,12,14)/t8-/m1/s1. The van der Waals surface area contributed by atoms with Gasteiger partial charge in [-0.25, -0.2) is 13.1 Å². The Morgan fingerprint density at radius 3 is 2.29 bits per heavy atom. The van der Waals surface area contributed by atoms with E-state index in [9.17, 15) is 13.2 Å². The molecule has 0 aromatic carbocycles. The molecular weight excluding hydrogens is 242 g/mol. The van der Waals surface area contributed by atoms with Gasteiger partial charge in [-0.15, -0.1) is 0 Å². The third kappa shape index (κ3) is 6.60. The van der Waals surface area contributed by atoms with E-state index in [0.29, 0.717) is 6.54 Å². The minimum Gasteiger partial charge on any atom is -0.354 e. The Labute approximate surface area is 103 Å². The van der Waals surface area contributed by atoms with Crippen LogP contribution >= 0.6 is 0 Å². The lowest BCUT2D eigenvalue weighted by Gasteiger charge is -2.25. The van der Waals surface area contributed by atoms with Gasteiger partial charge in [-0.1, -0.05) is 27.7 Å². The first-order valence-electron chi connectivity index (χ1n) is 5.61. The molecule has 0 radical (unpaired) electrons. The zero-order chi connectivity index (χ0) is 13.7. The minimum absolute atomic E-state index is 0.0674. The van der Waals surface area contributed by atoms with E-state index in [-0.39, 0.29) is 23.6 Å². The van der Waals surface area contributed by atoms with Gasteiger partial charge >= 0.3 is 0 Å². The lowest BCUT2D eigenvalue weighted by Crippen LogP contribution is -2.49. The number of carbonyl (C=O) groups is 1. The Kier molecular flexibility index (Phi) is 6.08. The van der Waals surface area contributed by atoms with Crippen molar-refractivity contribution in [1.29, 1.82) is 0 Å². The lowest BCUT2D eigenvalue weighted by atomic mass is 9.87.